The molecule has 1 saturated carbocycles. The van der Waals surface area contributed by atoms with Gasteiger partial charge in [0.1, 0.15) is 0 Å². The summed E-state index contributed by atoms with van der Waals surface area (Å²) in [6.45, 7) is 2.42. The number of aryl methyl sites for hydroxylation is 2. The first kappa shape index (κ1) is 17.3. The van der Waals surface area contributed by atoms with Gasteiger partial charge in [-0.2, -0.15) is 0 Å². The van der Waals surface area contributed by atoms with E-state index in [1.54, 1.807) is 4.90 Å². The Bertz CT molecular complexity index is 731. The van der Waals surface area contributed by atoms with Crippen molar-refractivity contribution in [2.24, 2.45) is 5.92 Å². The average Bonchev–Trinajstić information content (AvgIpc) is 3.42. The average molecular weight is 354 g/mol. The Balaban J connectivity index is 1.25. The summed E-state index contributed by atoms with van der Waals surface area (Å²) < 4.78 is 0. The Morgan fingerprint density at radius 3 is 2.31 bits per heavy atom. The summed E-state index contributed by atoms with van der Waals surface area (Å²) in [6, 6.07) is 5.98. The summed E-state index contributed by atoms with van der Waals surface area (Å²) in [7, 11) is 0. The second-order valence-electron chi connectivity index (χ2n) is 7.74. The largest absolute Gasteiger partial charge is 0.339 e. The molecule has 0 aromatic heterocycles. The van der Waals surface area contributed by atoms with Crippen LogP contribution in [-0.4, -0.2) is 53.6 Å². The highest BCUT2D eigenvalue weighted by Crippen LogP contribution is 2.31. The lowest BCUT2D eigenvalue weighted by molar-refractivity contribution is -0.140. The predicted molar refractivity (Wildman–Crippen MR) is 97.9 cm³/mol. The van der Waals surface area contributed by atoms with Gasteiger partial charge in [0.05, 0.1) is 0 Å². The number of amides is 2. The zero-order valence-corrected chi connectivity index (χ0v) is 15.2. The van der Waals surface area contributed by atoms with Gasteiger partial charge in [-0.15, -0.1) is 0 Å². The molecule has 3 aliphatic rings. The van der Waals surface area contributed by atoms with Crippen LogP contribution in [0.25, 0.3) is 0 Å². The Hall–Kier alpha value is -2.17. The number of ketones is 1. The van der Waals surface area contributed by atoms with Crippen LogP contribution in [0.3, 0.4) is 0 Å². The molecule has 5 nitrogen and oxygen atoms in total. The molecule has 1 aromatic carbocycles. The Kier molecular flexibility index (Phi) is 4.79. The van der Waals surface area contributed by atoms with Crippen molar-refractivity contribution in [2.75, 3.05) is 26.2 Å². The van der Waals surface area contributed by atoms with E-state index in [1.165, 1.54) is 17.5 Å². The van der Waals surface area contributed by atoms with E-state index in [1.807, 2.05) is 17.0 Å². The van der Waals surface area contributed by atoms with Crippen LogP contribution in [0, 0.1) is 5.92 Å². The van der Waals surface area contributed by atoms with Crippen LogP contribution in [0.5, 0.6) is 0 Å². The van der Waals surface area contributed by atoms with Gasteiger partial charge in [-0.1, -0.05) is 12.1 Å². The molecule has 2 amide bonds. The lowest BCUT2D eigenvalue weighted by atomic mass is 10.0. The van der Waals surface area contributed by atoms with Crippen LogP contribution < -0.4 is 0 Å². The number of fused-ring (bicyclic) bond motifs is 1. The number of nitrogens with zero attached hydrogens (tertiary/aromatic N) is 2. The molecule has 1 aromatic rings. The fourth-order valence-electron chi connectivity index (χ4n) is 4.03. The van der Waals surface area contributed by atoms with Crippen molar-refractivity contribution in [3.8, 4) is 0 Å². The van der Waals surface area contributed by atoms with E-state index < -0.39 is 0 Å². The number of benzene rings is 1. The van der Waals surface area contributed by atoms with Crippen molar-refractivity contribution < 1.29 is 14.4 Å². The molecule has 1 heterocycles. The molecule has 0 unspecified atom stereocenters. The highest BCUT2D eigenvalue weighted by atomic mass is 16.2. The minimum absolute atomic E-state index is 0.0260. The van der Waals surface area contributed by atoms with E-state index in [-0.39, 0.29) is 36.4 Å². The van der Waals surface area contributed by atoms with Gasteiger partial charge in [0.15, 0.2) is 5.78 Å². The third kappa shape index (κ3) is 3.67. The SMILES string of the molecule is O=C(CCC(=O)N1CCN(C(=O)C2CC2)CC1)c1ccc2c(c1)CCC2. The maximum absolute atomic E-state index is 12.4. The van der Waals surface area contributed by atoms with Crippen LogP contribution in [0.2, 0.25) is 0 Å². The van der Waals surface area contributed by atoms with Gasteiger partial charge in [-0.25, -0.2) is 0 Å². The van der Waals surface area contributed by atoms with Crippen molar-refractivity contribution in [1.82, 2.24) is 9.80 Å². The van der Waals surface area contributed by atoms with E-state index in [4.69, 9.17) is 0 Å². The van der Waals surface area contributed by atoms with Gasteiger partial charge in [-0.05, 0) is 49.3 Å². The molecular formula is C21H26N2O3. The van der Waals surface area contributed by atoms with Crippen LogP contribution in [-0.2, 0) is 22.4 Å². The Labute approximate surface area is 154 Å². The molecule has 2 aliphatic carbocycles. The number of carbonyl (C=O) groups is 3. The molecule has 26 heavy (non-hydrogen) atoms. The lowest BCUT2D eigenvalue weighted by Gasteiger charge is -2.35. The van der Waals surface area contributed by atoms with Crippen molar-refractivity contribution in [3.05, 3.63) is 34.9 Å². The molecule has 0 radical (unpaired) electrons. The highest BCUT2D eigenvalue weighted by Gasteiger charge is 2.35. The second kappa shape index (κ2) is 7.22. The lowest BCUT2D eigenvalue weighted by Crippen LogP contribution is -2.51. The van der Waals surface area contributed by atoms with Gasteiger partial charge < -0.3 is 9.80 Å². The maximum Gasteiger partial charge on any atom is 0.225 e. The summed E-state index contributed by atoms with van der Waals surface area (Å²) in [6.07, 6.45) is 5.88. The zero-order chi connectivity index (χ0) is 18.1. The van der Waals surface area contributed by atoms with Gasteiger partial charge in [0.2, 0.25) is 11.8 Å². The van der Waals surface area contributed by atoms with Gasteiger partial charge in [0, 0.05) is 50.5 Å². The topological polar surface area (TPSA) is 57.7 Å². The van der Waals surface area contributed by atoms with Crippen molar-refractivity contribution in [1.29, 1.82) is 0 Å². The van der Waals surface area contributed by atoms with E-state index >= 15 is 0 Å². The number of rotatable bonds is 5. The number of carbonyl (C=O) groups excluding carboxylic acids is 3. The Morgan fingerprint density at radius 1 is 0.885 bits per heavy atom. The fourth-order valence-corrected chi connectivity index (χ4v) is 4.03. The molecule has 1 saturated heterocycles. The quantitative estimate of drug-likeness (QED) is 0.762. The molecule has 0 N–H and O–H groups in total. The smallest absolute Gasteiger partial charge is 0.225 e. The fraction of sp³-hybridized carbons (Fsp3) is 0.571. The van der Waals surface area contributed by atoms with Gasteiger partial charge in [0.25, 0.3) is 0 Å². The van der Waals surface area contributed by atoms with E-state index in [2.05, 4.69) is 6.07 Å². The third-order valence-corrected chi connectivity index (χ3v) is 5.86. The second-order valence-corrected chi connectivity index (χ2v) is 7.74. The standard InChI is InChI=1S/C21H26N2O3/c24-19(18-7-4-15-2-1-3-17(15)14-18)8-9-20(25)22-10-12-23(13-11-22)21(26)16-5-6-16/h4,7,14,16H,1-3,5-6,8-13H2. The zero-order valence-electron chi connectivity index (χ0n) is 15.2. The van der Waals surface area contributed by atoms with Crippen molar-refractivity contribution in [3.63, 3.8) is 0 Å². The number of piperazine rings is 1. The molecule has 2 fully saturated rings. The first-order valence-electron chi connectivity index (χ1n) is 9.83. The first-order valence-corrected chi connectivity index (χ1v) is 9.83. The predicted octanol–water partition coefficient (Wildman–Crippen LogP) is 2.22. The summed E-state index contributed by atoms with van der Waals surface area (Å²) in [4.78, 5) is 40.6. The van der Waals surface area contributed by atoms with Crippen LogP contribution >= 0.6 is 0 Å². The van der Waals surface area contributed by atoms with Gasteiger partial charge in [-0.3, -0.25) is 14.4 Å². The molecule has 1 aliphatic heterocycles. The minimum atomic E-state index is 0.0260. The molecule has 0 bridgehead atoms. The van der Waals surface area contributed by atoms with E-state index in [9.17, 15) is 14.4 Å². The molecule has 5 heteroatoms. The summed E-state index contributed by atoms with van der Waals surface area (Å²) in [5, 5.41) is 0. The molecule has 0 atom stereocenters. The van der Waals surface area contributed by atoms with Crippen LogP contribution in [0.1, 0.15) is 53.6 Å². The Morgan fingerprint density at radius 2 is 1.58 bits per heavy atom. The van der Waals surface area contributed by atoms with Crippen LogP contribution in [0.15, 0.2) is 18.2 Å². The molecule has 0 spiro atoms. The minimum Gasteiger partial charge on any atom is -0.339 e. The van der Waals surface area contributed by atoms with Crippen molar-refractivity contribution in [2.45, 2.75) is 44.9 Å². The maximum atomic E-state index is 12.4. The van der Waals surface area contributed by atoms with Gasteiger partial charge >= 0.3 is 0 Å². The normalized spacial score (nSPS) is 19.4. The monoisotopic (exact) mass is 354 g/mol. The molecule has 4 rings (SSSR count). The third-order valence-electron chi connectivity index (χ3n) is 5.86. The first-order chi connectivity index (χ1) is 12.6. The molecular weight excluding hydrogens is 328 g/mol. The van der Waals surface area contributed by atoms with E-state index in [0.717, 1.165) is 31.2 Å². The summed E-state index contributed by atoms with van der Waals surface area (Å²) in [5.41, 5.74) is 3.38. The summed E-state index contributed by atoms with van der Waals surface area (Å²) >= 11 is 0. The highest BCUT2D eigenvalue weighted by molar-refractivity contribution is 5.98. The van der Waals surface area contributed by atoms with Crippen LogP contribution in [0.4, 0.5) is 0 Å². The van der Waals surface area contributed by atoms with E-state index in [0.29, 0.717) is 26.2 Å². The number of hydrogen-bond acceptors (Lipinski definition) is 3. The van der Waals surface area contributed by atoms with Crippen molar-refractivity contribution >= 4 is 17.6 Å². The molecule has 138 valence electrons. The number of hydrogen-bond donors (Lipinski definition) is 0. The summed E-state index contributed by atoms with van der Waals surface area (Å²) in [5.74, 6) is 0.569. The number of Topliss-reactive ketones (excluding diaryl/α,β-unsaturated/α-hetero) is 1.